The summed E-state index contributed by atoms with van der Waals surface area (Å²) in [6, 6.07) is 12.8. The van der Waals surface area contributed by atoms with E-state index in [1.807, 2.05) is 38.1 Å². The van der Waals surface area contributed by atoms with E-state index >= 15 is 0 Å². The average Bonchev–Trinajstić information content (AvgIpc) is 2.44. The van der Waals surface area contributed by atoms with E-state index in [1.165, 1.54) is 0 Å². The Hall–Kier alpha value is -2.55. The van der Waals surface area contributed by atoms with Crippen LogP contribution in [-0.2, 0) is 0 Å². The molecule has 0 spiro atoms. The van der Waals surface area contributed by atoms with Crippen LogP contribution >= 0.6 is 0 Å². The molecule has 0 unspecified atom stereocenters. The van der Waals surface area contributed by atoms with Crippen molar-refractivity contribution in [3.63, 3.8) is 0 Å². The average molecular weight is 265 g/mol. The third-order valence-electron chi connectivity index (χ3n) is 3.52. The fourth-order valence-electron chi connectivity index (χ4n) is 2.48. The molecular formula is C17H15NO2. The predicted octanol–water partition coefficient (Wildman–Crippen LogP) is 3.31. The van der Waals surface area contributed by atoms with Gasteiger partial charge in [-0.05, 0) is 43.7 Å². The Bertz CT molecular complexity index is 845. The Morgan fingerprint density at radius 1 is 1.00 bits per heavy atom. The van der Waals surface area contributed by atoms with E-state index in [0.29, 0.717) is 10.8 Å². The van der Waals surface area contributed by atoms with Crippen LogP contribution in [-0.4, -0.2) is 9.67 Å². The van der Waals surface area contributed by atoms with Crippen molar-refractivity contribution in [2.24, 2.45) is 0 Å². The molecule has 0 saturated carbocycles. The number of nitrogens with zero attached hydrogens (tertiary/aromatic N) is 1. The normalized spacial score (nSPS) is 10.9. The monoisotopic (exact) mass is 265 g/mol. The molecule has 3 rings (SSSR count). The lowest BCUT2D eigenvalue weighted by molar-refractivity contribution is 0.481. The maximum atomic E-state index is 12.6. The Morgan fingerprint density at radius 2 is 1.70 bits per heavy atom. The quantitative estimate of drug-likeness (QED) is 0.733. The van der Waals surface area contributed by atoms with Gasteiger partial charge in [-0.15, -0.1) is 0 Å². The van der Waals surface area contributed by atoms with Crippen LogP contribution in [0.2, 0.25) is 0 Å². The second kappa shape index (κ2) is 4.53. The number of hydrogen-bond acceptors (Lipinski definition) is 2. The molecule has 100 valence electrons. The molecule has 0 fully saturated rings. The number of hydrogen-bond donors (Lipinski definition) is 1. The van der Waals surface area contributed by atoms with Gasteiger partial charge < -0.3 is 5.11 Å². The highest BCUT2D eigenvalue weighted by Crippen LogP contribution is 2.25. The van der Waals surface area contributed by atoms with Crippen molar-refractivity contribution in [3.05, 3.63) is 70.1 Å². The molecule has 0 bridgehead atoms. The molecule has 3 nitrogen and oxygen atoms in total. The largest absolute Gasteiger partial charge is 0.507 e. The fourth-order valence-corrected chi connectivity index (χ4v) is 2.48. The molecule has 1 N–H and O–H groups in total. The summed E-state index contributed by atoms with van der Waals surface area (Å²) in [6.45, 7) is 3.91. The highest BCUT2D eigenvalue weighted by Gasteiger charge is 2.10. The zero-order valence-electron chi connectivity index (χ0n) is 11.4. The summed E-state index contributed by atoms with van der Waals surface area (Å²) >= 11 is 0. The van der Waals surface area contributed by atoms with Gasteiger partial charge in [0.2, 0.25) is 0 Å². The van der Waals surface area contributed by atoms with Crippen molar-refractivity contribution in [1.29, 1.82) is 0 Å². The van der Waals surface area contributed by atoms with Gasteiger partial charge in [-0.25, -0.2) is 0 Å². The lowest BCUT2D eigenvalue weighted by Gasteiger charge is -2.11. The number of aryl methyl sites for hydroxylation is 2. The van der Waals surface area contributed by atoms with E-state index in [0.717, 1.165) is 16.8 Å². The fraction of sp³-hybridized carbons (Fsp3) is 0.118. The van der Waals surface area contributed by atoms with Gasteiger partial charge in [-0.2, -0.15) is 0 Å². The molecule has 0 amide bonds. The first-order valence-electron chi connectivity index (χ1n) is 6.49. The van der Waals surface area contributed by atoms with Gasteiger partial charge in [0, 0.05) is 17.3 Å². The first-order valence-corrected chi connectivity index (χ1v) is 6.49. The minimum atomic E-state index is -0.120. The summed E-state index contributed by atoms with van der Waals surface area (Å²) in [7, 11) is 0. The Morgan fingerprint density at radius 3 is 2.40 bits per heavy atom. The first-order chi connectivity index (χ1) is 9.58. The molecule has 0 aliphatic carbocycles. The van der Waals surface area contributed by atoms with E-state index in [4.69, 9.17) is 0 Å². The third kappa shape index (κ3) is 1.88. The topological polar surface area (TPSA) is 42.2 Å². The number of aromatic nitrogens is 1. The Kier molecular flexibility index (Phi) is 2.83. The second-order valence-electron chi connectivity index (χ2n) is 5.02. The Labute approximate surface area is 116 Å². The number of rotatable bonds is 1. The van der Waals surface area contributed by atoms with Crippen molar-refractivity contribution in [1.82, 2.24) is 4.57 Å². The van der Waals surface area contributed by atoms with Crippen molar-refractivity contribution < 1.29 is 5.11 Å². The summed E-state index contributed by atoms with van der Waals surface area (Å²) in [5.41, 5.74) is 2.73. The van der Waals surface area contributed by atoms with Gasteiger partial charge >= 0.3 is 0 Å². The van der Waals surface area contributed by atoms with Crippen LogP contribution in [0, 0.1) is 13.8 Å². The van der Waals surface area contributed by atoms with Crippen LogP contribution in [0.4, 0.5) is 0 Å². The summed E-state index contributed by atoms with van der Waals surface area (Å²) in [5, 5.41) is 11.1. The summed E-state index contributed by atoms with van der Waals surface area (Å²) in [6.07, 6.45) is 1.77. The molecule has 3 aromatic rings. The molecule has 0 atom stereocenters. The molecule has 0 radical (unpaired) electrons. The molecular weight excluding hydrogens is 250 g/mol. The van der Waals surface area contributed by atoms with Crippen LogP contribution < -0.4 is 5.56 Å². The lowest BCUT2D eigenvalue weighted by atomic mass is 10.1. The minimum Gasteiger partial charge on any atom is -0.507 e. The van der Waals surface area contributed by atoms with E-state index < -0.39 is 0 Å². The van der Waals surface area contributed by atoms with Crippen LogP contribution in [0.15, 0.2) is 53.5 Å². The summed E-state index contributed by atoms with van der Waals surface area (Å²) in [4.78, 5) is 12.6. The van der Waals surface area contributed by atoms with Crippen LogP contribution in [0.5, 0.6) is 5.75 Å². The lowest BCUT2D eigenvalue weighted by Crippen LogP contribution is -2.18. The van der Waals surface area contributed by atoms with Crippen molar-refractivity contribution in [2.75, 3.05) is 0 Å². The summed E-state index contributed by atoms with van der Waals surface area (Å²) < 4.78 is 1.62. The van der Waals surface area contributed by atoms with Gasteiger partial charge in [0.15, 0.2) is 0 Å². The zero-order chi connectivity index (χ0) is 14.3. The molecule has 2 aromatic carbocycles. The standard InChI is InChI=1S/C17H15NO2/c1-11-6-8-13(9-7-11)18-10-12(2)16-14(17(18)20)4-3-5-15(16)19/h3-10,19H,1-2H3. The molecule has 1 aromatic heterocycles. The van der Waals surface area contributed by atoms with Crippen LogP contribution in [0.1, 0.15) is 11.1 Å². The molecule has 3 heteroatoms. The molecule has 0 aliphatic heterocycles. The number of pyridine rings is 1. The first kappa shape index (κ1) is 12.5. The predicted molar refractivity (Wildman–Crippen MR) is 80.7 cm³/mol. The van der Waals surface area contributed by atoms with E-state index in [-0.39, 0.29) is 11.3 Å². The third-order valence-corrected chi connectivity index (χ3v) is 3.52. The maximum Gasteiger partial charge on any atom is 0.263 e. The van der Waals surface area contributed by atoms with Gasteiger partial charge in [-0.1, -0.05) is 23.8 Å². The van der Waals surface area contributed by atoms with E-state index in [2.05, 4.69) is 0 Å². The molecule has 0 saturated heterocycles. The zero-order valence-corrected chi connectivity index (χ0v) is 11.4. The SMILES string of the molecule is Cc1ccc(-n2cc(C)c3c(O)cccc3c2=O)cc1. The number of fused-ring (bicyclic) bond motifs is 1. The smallest absolute Gasteiger partial charge is 0.263 e. The highest BCUT2D eigenvalue weighted by atomic mass is 16.3. The minimum absolute atomic E-state index is 0.120. The number of benzene rings is 2. The van der Waals surface area contributed by atoms with Gasteiger partial charge in [-0.3, -0.25) is 9.36 Å². The van der Waals surface area contributed by atoms with Gasteiger partial charge in [0.1, 0.15) is 5.75 Å². The molecule has 0 aliphatic rings. The second-order valence-corrected chi connectivity index (χ2v) is 5.02. The summed E-state index contributed by atoms with van der Waals surface area (Å²) in [5.74, 6) is 0.146. The van der Waals surface area contributed by atoms with E-state index in [1.54, 1.807) is 29.0 Å². The Balaban J connectivity index is 2.36. The number of phenols is 1. The molecule has 20 heavy (non-hydrogen) atoms. The highest BCUT2D eigenvalue weighted by molar-refractivity contribution is 5.90. The van der Waals surface area contributed by atoms with Crippen molar-refractivity contribution >= 4 is 10.8 Å². The van der Waals surface area contributed by atoms with Gasteiger partial charge in [0.25, 0.3) is 5.56 Å². The van der Waals surface area contributed by atoms with Crippen molar-refractivity contribution in [3.8, 4) is 11.4 Å². The number of aromatic hydroxyl groups is 1. The van der Waals surface area contributed by atoms with E-state index in [9.17, 15) is 9.90 Å². The number of phenolic OH excluding ortho intramolecular Hbond substituents is 1. The van der Waals surface area contributed by atoms with Gasteiger partial charge in [0.05, 0.1) is 5.39 Å². The van der Waals surface area contributed by atoms with Crippen molar-refractivity contribution in [2.45, 2.75) is 13.8 Å². The van der Waals surface area contributed by atoms with Crippen LogP contribution in [0.25, 0.3) is 16.5 Å². The molecule has 1 heterocycles. The maximum absolute atomic E-state index is 12.6. The van der Waals surface area contributed by atoms with Crippen LogP contribution in [0.3, 0.4) is 0 Å².